The van der Waals surface area contributed by atoms with Gasteiger partial charge in [0, 0.05) is 25.2 Å². The Labute approximate surface area is 106 Å². The van der Waals surface area contributed by atoms with Crippen molar-refractivity contribution in [2.24, 2.45) is 11.7 Å². The van der Waals surface area contributed by atoms with Crippen molar-refractivity contribution in [3.63, 3.8) is 0 Å². The summed E-state index contributed by atoms with van der Waals surface area (Å²) in [5.41, 5.74) is 6.33. The highest BCUT2D eigenvalue weighted by Crippen LogP contribution is 2.36. The fraction of sp³-hybridized carbons (Fsp3) is 1.00. The van der Waals surface area contributed by atoms with E-state index in [1.54, 1.807) is 0 Å². The number of hydrogen-bond donors (Lipinski definition) is 1. The maximum Gasteiger partial charge on any atom is 0.0702 e. The molecule has 1 aliphatic carbocycles. The summed E-state index contributed by atoms with van der Waals surface area (Å²) in [6.45, 7) is 5.17. The summed E-state index contributed by atoms with van der Waals surface area (Å²) in [6.07, 6.45) is 8.11. The molecule has 100 valence electrons. The minimum Gasteiger partial charge on any atom is -0.377 e. The van der Waals surface area contributed by atoms with Gasteiger partial charge in [0.25, 0.3) is 0 Å². The standard InChI is InChI=1S/C14H28N2O/c1-12-5-3-7-14(9-12,11-15)16(2)10-13-6-4-8-17-13/h12-13H,3-11,15H2,1-2H3. The van der Waals surface area contributed by atoms with Gasteiger partial charge in [-0.05, 0) is 38.6 Å². The summed E-state index contributed by atoms with van der Waals surface area (Å²) in [4.78, 5) is 2.50. The van der Waals surface area contributed by atoms with Crippen molar-refractivity contribution in [1.29, 1.82) is 0 Å². The van der Waals surface area contributed by atoms with Crippen molar-refractivity contribution < 1.29 is 4.74 Å². The van der Waals surface area contributed by atoms with Crippen LogP contribution >= 0.6 is 0 Å². The average Bonchev–Trinajstić information content (AvgIpc) is 2.81. The molecule has 2 fully saturated rings. The summed E-state index contributed by atoms with van der Waals surface area (Å²) in [7, 11) is 2.24. The van der Waals surface area contributed by atoms with E-state index in [4.69, 9.17) is 10.5 Å². The first-order valence-corrected chi connectivity index (χ1v) is 7.19. The lowest BCUT2D eigenvalue weighted by atomic mass is 9.75. The molecule has 3 atom stereocenters. The van der Waals surface area contributed by atoms with Crippen LogP contribution in [-0.2, 0) is 4.74 Å². The molecule has 0 amide bonds. The van der Waals surface area contributed by atoms with E-state index in [2.05, 4.69) is 18.9 Å². The number of ether oxygens (including phenoxy) is 1. The number of nitrogens with zero attached hydrogens (tertiary/aromatic N) is 1. The molecule has 1 aliphatic heterocycles. The minimum absolute atomic E-state index is 0.240. The summed E-state index contributed by atoms with van der Waals surface area (Å²) < 4.78 is 5.75. The molecular formula is C14H28N2O. The van der Waals surface area contributed by atoms with E-state index in [1.165, 1.54) is 38.5 Å². The summed E-state index contributed by atoms with van der Waals surface area (Å²) in [6, 6.07) is 0. The van der Waals surface area contributed by atoms with E-state index in [0.29, 0.717) is 6.10 Å². The normalized spacial score (nSPS) is 38.8. The van der Waals surface area contributed by atoms with E-state index in [0.717, 1.165) is 25.6 Å². The molecular weight excluding hydrogens is 212 g/mol. The van der Waals surface area contributed by atoms with Crippen molar-refractivity contribution in [2.45, 2.75) is 57.1 Å². The van der Waals surface area contributed by atoms with Crippen molar-refractivity contribution >= 4 is 0 Å². The first-order chi connectivity index (χ1) is 8.16. The molecule has 0 aromatic heterocycles. The smallest absolute Gasteiger partial charge is 0.0702 e. The molecule has 0 radical (unpaired) electrons. The van der Waals surface area contributed by atoms with Gasteiger partial charge in [0.2, 0.25) is 0 Å². The second kappa shape index (κ2) is 5.68. The van der Waals surface area contributed by atoms with Gasteiger partial charge in [-0.15, -0.1) is 0 Å². The molecule has 3 heteroatoms. The molecule has 1 saturated heterocycles. The van der Waals surface area contributed by atoms with Gasteiger partial charge in [-0.25, -0.2) is 0 Å². The van der Waals surface area contributed by atoms with Crippen molar-refractivity contribution in [3.05, 3.63) is 0 Å². The predicted octanol–water partition coefficient (Wildman–Crippen LogP) is 2.00. The van der Waals surface area contributed by atoms with Crippen LogP contribution in [0.15, 0.2) is 0 Å². The monoisotopic (exact) mass is 240 g/mol. The highest BCUT2D eigenvalue weighted by molar-refractivity contribution is 4.95. The van der Waals surface area contributed by atoms with Crippen LogP contribution in [0.1, 0.15) is 45.4 Å². The van der Waals surface area contributed by atoms with Crippen molar-refractivity contribution in [1.82, 2.24) is 4.90 Å². The quantitative estimate of drug-likeness (QED) is 0.817. The van der Waals surface area contributed by atoms with Crippen LogP contribution in [0.25, 0.3) is 0 Å². The largest absolute Gasteiger partial charge is 0.377 e. The Morgan fingerprint density at radius 2 is 2.18 bits per heavy atom. The molecule has 0 aromatic rings. The van der Waals surface area contributed by atoms with Gasteiger partial charge in [-0.1, -0.05) is 19.8 Å². The van der Waals surface area contributed by atoms with Gasteiger partial charge in [0.1, 0.15) is 0 Å². The number of likely N-dealkylation sites (N-methyl/N-ethyl adjacent to an activating group) is 1. The molecule has 1 saturated carbocycles. The Hall–Kier alpha value is -0.120. The minimum atomic E-state index is 0.240. The highest BCUT2D eigenvalue weighted by Gasteiger charge is 2.38. The molecule has 0 spiro atoms. The van der Waals surface area contributed by atoms with Gasteiger partial charge in [-0.3, -0.25) is 4.90 Å². The van der Waals surface area contributed by atoms with Crippen LogP contribution in [-0.4, -0.2) is 43.3 Å². The second-order valence-corrected chi connectivity index (χ2v) is 6.15. The number of nitrogens with two attached hydrogens (primary N) is 1. The molecule has 2 N–H and O–H groups in total. The van der Waals surface area contributed by atoms with Gasteiger partial charge in [0.05, 0.1) is 6.10 Å². The first kappa shape index (κ1) is 13.3. The fourth-order valence-electron chi connectivity index (χ4n) is 3.61. The Kier molecular flexibility index (Phi) is 4.45. The van der Waals surface area contributed by atoms with E-state index >= 15 is 0 Å². The van der Waals surface area contributed by atoms with Crippen molar-refractivity contribution in [3.8, 4) is 0 Å². The van der Waals surface area contributed by atoms with Gasteiger partial charge in [-0.2, -0.15) is 0 Å². The number of hydrogen-bond acceptors (Lipinski definition) is 3. The molecule has 1 heterocycles. The summed E-state index contributed by atoms with van der Waals surface area (Å²) >= 11 is 0. The molecule has 2 aliphatic rings. The third-order valence-electron chi connectivity index (χ3n) is 4.76. The number of rotatable bonds is 4. The molecule has 0 bridgehead atoms. The third-order valence-corrected chi connectivity index (χ3v) is 4.76. The Balaban J connectivity index is 1.95. The lowest BCUT2D eigenvalue weighted by molar-refractivity contribution is 0.0109. The van der Waals surface area contributed by atoms with E-state index < -0.39 is 0 Å². The van der Waals surface area contributed by atoms with Crippen molar-refractivity contribution in [2.75, 3.05) is 26.7 Å². The zero-order valence-electron chi connectivity index (χ0n) is 11.5. The molecule has 2 rings (SSSR count). The second-order valence-electron chi connectivity index (χ2n) is 6.15. The molecule has 3 nitrogen and oxygen atoms in total. The lowest BCUT2D eigenvalue weighted by Crippen LogP contribution is -2.56. The molecule has 0 aromatic carbocycles. The van der Waals surface area contributed by atoms with Crippen LogP contribution in [0.4, 0.5) is 0 Å². The molecule has 17 heavy (non-hydrogen) atoms. The maximum atomic E-state index is 6.09. The summed E-state index contributed by atoms with van der Waals surface area (Å²) in [5, 5.41) is 0. The van der Waals surface area contributed by atoms with E-state index in [1.807, 2.05) is 0 Å². The van der Waals surface area contributed by atoms with Crippen LogP contribution < -0.4 is 5.73 Å². The maximum absolute atomic E-state index is 6.09. The highest BCUT2D eigenvalue weighted by atomic mass is 16.5. The van der Waals surface area contributed by atoms with Crippen LogP contribution in [0.5, 0.6) is 0 Å². The summed E-state index contributed by atoms with van der Waals surface area (Å²) in [5.74, 6) is 0.819. The van der Waals surface area contributed by atoms with Gasteiger partial charge in [0.15, 0.2) is 0 Å². The SMILES string of the molecule is CC1CCCC(CN)(N(C)CC2CCCO2)C1. The average molecular weight is 240 g/mol. The van der Waals surface area contributed by atoms with Crippen LogP contribution in [0.3, 0.4) is 0 Å². The predicted molar refractivity (Wildman–Crippen MR) is 71.0 cm³/mol. The molecule has 3 unspecified atom stereocenters. The first-order valence-electron chi connectivity index (χ1n) is 7.19. The van der Waals surface area contributed by atoms with Crippen LogP contribution in [0, 0.1) is 5.92 Å². The van der Waals surface area contributed by atoms with Gasteiger partial charge >= 0.3 is 0 Å². The Morgan fingerprint density at radius 1 is 1.35 bits per heavy atom. The zero-order valence-corrected chi connectivity index (χ0v) is 11.5. The topological polar surface area (TPSA) is 38.5 Å². The zero-order chi connectivity index (χ0) is 12.3. The Morgan fingerprint density at radius 3 is 2.76 bits per heavy atom. The lowest BCUT2D eigenvalue weighted by Gasteiger charge is -2.46. The van der Waals surface area contributed by atoms with E-state index in [9.17, 15) is 0 Å². The fourth-order valence-corrected chi connectivity index (χ4v) is 3.61. The van der Waals surface area contributed by atoms with E-state index in [-0.39, 0.29) is 5.54 Å². The van der Waals surface area contributed by atoms with Gasteiger partial charge < -0.3 is 10.5 Å². The Bertz CT molecular complexity index is 240. The third kappa shape index (κ3) is 3.01. The van der Waals surface area contributed by atoms with Crippen LogP contribution in [0.2, 0.25) is 0 Å².